The number of nitrogens with one attached hydrogen (secondary N) is 1. The van der Waals surface area contributed by atoms with E-state index >= 15 is 0 Å². The Morgan fingerprint density at radius 3 is 2.56 bits per heavy atom. The highest BCUT2D eigenvalue weighted by Gasteiger charge is 2.34. The lowest BCUT2D eigenvalue weighted by Crippen LogP contribution is -2.50. The molecule has 0 saturated heterocycles. The molecule has 2 rings (SSSR count). The van der Waals surface area contributed by atoms with Crippen LogP contribution in [0.2, 0.25) is 0 Å². The predicted molar refractivity (Wildman–Crippen MR) is 76.1 cm³/mol. The standard InChI is InChI=1S/C14H19BrN2O/c1-10(11-3-5-12(15)6-4-11)17-13(18)9-14(16)7-2-8-14/h3-6,10H,2,7-9,16H2,1H3,(H,17,18). The van der Waals surface area contributed by atoms with Crippen LogP contribution < -0.4 is 11.1 Å². The van der Waals surface area contributed by atoms with Crippen LogP contribution in [0.15, 0.2) is 28.7 Å². The Morgan fingerprint density at radius 1 is 1.44 bits per heavy atom. The first-order valence-corrected chi connectivity index (χ1v) is 7.12. The van der Waals surface area contributed by atoms with Gasteiger partial charge in [-0.3, -0.25) is 4.79 Å². The fourth-order valence-corrected chi connectivity index (χ4v) is 2.52. The molecule has 98 valence electrons. The van der Waals surface area contributed by atoms with Gasteiger partial charge in [-0.1, -0.05) is 28.1 Å². The molecule has 1 amide bonds. The van der Waals surface area contributed by atoms with E-state index in [9.17, 15) is 4.79 Å². The maximum Gasteiger partial charge on any atom is 0.222 e. The van der Waals surface area contributed by atoms with Gasteiger partial charge in [0, 0.05) is 16.4 Å². The summed E-state index contributed by atoms with van der Waals surface area (Å²) < 4.78 is 1.04. The molecule has 0 heterocycles. The van der Waals surface area contributed by atoms with Gasteiger partial charge in [0.1, 0.15) is 0 Å². The molecular formula is C14H19BrN2O. The van der Waals surface area contributed by atoms with E-state index in [0.29, 0.717) is 6.42 Å². The Bertz CT molecular complexity index is 426. The minimum atomic E-state index is -0.247. The molecule has 0 aromatic heterocycles. The maximum absolute atomic E-state index is 11.9. The van der Waals surface area contributed by atoms with Crippen molar-refractivity contribution in [3.05, 3.63) is 34.3 Å². The van der Waals surface area contributed by atoms with Gasteiger partial charge in [-0.05, 0) is 43.9 Å². The summed E-state index contributed by atoms with van der Waals surface area (Å²) in [5.41, 5.74) is 6.93. The van der Waals surface area contributed by atoms with Gasteiger partial charge in [-0.15, -0.1) is 0 Å². The number of amides is 1. The Balaban J connectivity index is 1.88. The first-order chi connectivity index (χ1) is 8.48. The van der Waals surface area contributed by atoms with Crippen LogP contribution in [0.25, 0.3) is 0 Å². The number of hydrogen-bond donors (Lipinski definition) is 2. The number of nitrogens with two attached hydrogens (primary N) is 1. The van der Waals surface area contributed by atoms with Crippen LogP contribution in [0.5, 0.6) is 0 Å². The van der Waals surface area contributed by atoms with Crippen LogP contribution in [0.1, 0.15) is 44.2 Å². The van der Waals surface area contributed by atoms with E-state index in [-0.39, 0.29) is 17.5 Å². The maximum atomic E-state index is 11.9. The third-order valence-corrected chi connectivity index (χ3v) is 4.14. The van der Waals surface area contributed by atoms with Crippen molar-refractivity contribution >= 4 is 21.8 Å². The van der Waals surface area contributed by atoms with Gasteiger partial charge in [0.25, 0.3) is 0 Å². The van der Waals surface area contributed by atoms with Crippen molar-refractivity contribution in [2.45, 2.75) is 44.2 Å². The summed E-state index contributed by atoms with van der Waals surface area (Å²) in [5, 5.41) is 3.01. The van der Waals surface area contributed by atoms with Gasteiger partial charge >= 0.3 is 0 Å². The van der Waals surface area contributed by atoms with E-state index in [4.69, 9.17) is 5.73 Å². The fourth-order valence-electron chi connectivity index (χ4n) is 2.25. The molecule has 1 fully saturated rings. The molecule has 1 atom stereocenters. The van der Waals surface area contributed by atoms with Crippen molar-refractivity contribution in [1.29, 1.82) is 0 Å². The van der Waals surface area contributed by atoms with Crippen LogP contribution in [0, 0.1) is 0 Å². The lowest BCUT2D eigenvalue weighted by atomic mass is 9.75. The summed E-state index contributed by atoms with van der Waals surface area (Å²) in [6.45, 7) is 1.99. The molecule has 1 saturated carbocycles. The quantitative estimate of drug-likeness (QED) is 0.898. The van der Waals surface area contributed by atoms with Gasteiger partial charge < -0.3 is 11.1 Å². The van der Waals surface area contributed by atoms with Gasteiger partial charge in [-0.25, -0.2) is 0 Å². The van der Waals surface area contributed by atoms with Crippen LogP contribution in [-0.2, 0) is 4.79 Å². The molecule has 1 aliphatic carbocycles. The van der Waals surface area contributed by atoms with Crippen molar-refractivity contribution in [1.82, 2.24) is 5.32 Å². The van der Waals surface area contributed by atoms with Crippen LogP contribution >= 0.6 is 15.9 Å². The first-order valence-electron chi connectivity index (χ1n) is 6.32. The summed E-state index contributed by atoms with van der Waals surface area (Å²) in [5.74, 6) is 0.0487. The number of carbonyl (C=O) groups excluding carboxylic acids is 1. The first kappa shape index (κ1) is 13.6. The highest BCUT2D eigenvalue weighted by Crippen LogP contribution is 2.32. The van der Waals surface area contributed by atoms with E-state index in [1.807, 2.05) is 31.2 Å². The number of rotatable bonds is 4. The normalized spacial score (nSPS) is 18.8. The minimum absolute atomic E-state index is 0.0225. The van der Waals surface area contributed by atoms with E-state index in [0.717, 1.165) is 29.3 Å². The number of carbonyl (C=O) groups is 1. The van der Waals surface area contributed by atoms with Crippen molar-refractivity contribution in [3.8, 4) is 0 Å². The summed E-state index contributed by atoms with van der Waals surface area (Å²) in [6.07, 6.45) is 3.51. The topological polar surface area (TPSA) is 55.1 Å². The SMILES string of the molecule is CC(NC(=O)CC1(N)CCC1)c1ccc(Br)cc1. The molecular weight excluding hydrogens is 292 g/mol. The molecule has 4 heteroatoms. The van der Waals surface area contributed by atoms with Crippen molar-refractivity contribution in [2.24, 2.45) is 5.73 Å². The third-order valence-electron chi connectivity index (χ3n) is 3.61. The Hall–Kier alpha value is -0.870. The van der Waals surface area contributed by atoms with E-state index in [2.05, 4.69) is 21.2 Å². The van der Waals surface area contributed by atoms with Gasteiger partial charge in [0.05, 0.1) is 6.04 Å². The largest absolute Gasteiger partial charge is 0.350 e. The zero-order valence-electron chi connectivity index (χ0n) is 10.6. The molecule has 0 bridgehead atoms. The molecule has 18 heavy (non-hydrogen) atoms. The molecule has 1 aromatic rings. The smallest absolute Gasteiger partial charge is 0.222 e. The van der Waals surface area contributed by atoms with E-state index < -0.39 is 0 Å². The summed E-state index contributed by atoms with van der Waals surface area (Å²) in [7, 11) is 0. The minimum Gasteiger partial charge on any atom is -0.350 e. The Kier molecular flexibility index (Phi) is 4.07. The highest BCUT2D eigenvalue weighted by atomic mass is 79.9. The zero-order valence-corrected chi connectivity index (χ0v) is 12.2. The molecule has 3 nitrogen and oxygen atoms in total. The Morgan fingerprint density at radius 2 is 2.06 bits per heavy atom. The predicted octanol–water partition coefficient (Wildman–Crippen LogP) is 2.90. The molecule has 0 radical (unpaired) electrons. The molecule has 1 aliphatic rings. The van der Waals surface area contributed by atoms with Crippen molar-refractivity contribution < 1.29 is 4.79 Å². The van der Waals surface area contributed by atoms with Crippen LogP contribution in [0.4, 0.5) is 0 Å². The number of hydrogen-bond acceptors (Lipinski definition) is 2. The zero-order chi connectivity index (χ0) is 13.2. The second-order valence-electron chi connectivity index (χ2n) is 5.23. The lowest BCUT2D eigenvalue weighted by molar-refractivity contribution is -0.123. The molecule has 1 aromatic carbocycles. The van der Waals surface area contributed by atoms with E-state index in [1.165, 1.54) is 0 Å². The Labute approximate surface area is 116 Å². The van der Waals surface area contributed by atoms with Gasteiger partial charge in [0.15, 0.2) is 0 Å². The highest BCUT2D eigenvalue weighted by molar-refractivity contribution is 9.10. The summed E-state index contributed by atoms with van der Waals surface area (Å²) in [6, 6.07) is 8.00. The third kappa shape index (κ3) is 3.33. The molecule has 3 N–H and O–H groups in total. The molecule has 1 unspecified atom stereocenters. The second kappa shape index (κ2) is 5.41. The lowest BCUT2D eigenvalue weighted by Gasteiger charge is -2.37. The summed E-state index contributed by atoms with van der Waals surface area (Å²) >= 11 is 3.40. The molecule has 0 spiro atoms. The van der Waals surface area contributed by atoms with Gasteiger partial charge in [-0.2, -0.15) is 0 Å². The monoisotopic (exact) mass is 310 g/mol. The number of halogens is 1. The van der Waals surface area contributed by atoms with Crippen LogP contribution in [0.3, 0.4) is 0 Å². The second-order valence-corrected chi connectivity index (χ2v) is 6.15. The number of benzene rings is 1. The van der Waals surface area contributed by atoms with Crippen molar-refractivity contribution in [3.63, 3.8) is 0 Å². The molecule has 0 aliphatic heterocycles. The van der Waals surface area contributed by atoms with Crippen molar-refractivity contribution in [2.75, 3.05) is 0 Å². The average Bonchev–Trinajstić information content (AvgIpc) is 2.27. The van der Waals surface area contributed by atoms with Gasteiger partial charge in [0.2, 0.25) is 5.91 Å². The van der Waals surface area contributed by atoms with E-state index in [1.54, 1.807) is 0 Å². The fraction of sp³-hybridized carbons (Fsp3) is 0.500. The summed E-state index contributed by atoms with van der Waals surface area (Å²) in [4.78, 5) is 11.9. The average molecular weight is 311 g/mol. The van der Waals surface area contributed by atoms with Crippen LogP contribution in [-0.4, -0.2) is 11.4 Å².